The zero-order valence-electron chi connectivity index (χ0n) is 12.6. The van der Waals surface area contributed by atoms with E-state index in [2.05, 4.69) is 36.4 Å². The topological polar surface area (TPSA) is 40.5 Å². The third kappa shape index (κ3) is 1.66. The summed E-state index contributed by atoms with van der Waals surface area (Å²) in [6.07, 6.45) is 4.41. The summed E-state index contributed by atoms with van der Waals surface area (Å²) in [5, 5.41) is 27.9. The molecule has 0 radical (unpaired) electrons. The van der Waals surface area contributed by atoms with Gasteiger partial charge < -0.3 is 10.0 Å². The normalized spacial score (nSPS) is 13.7. The van der Waals surface area contributed by atoms with Crippen LogP contribution in [0.4, 0.5) is 0 Å². The van der Waals surface area contributed by atoms with Crippen LogP contribution in [0, 0.1) is 0 Å². The molecule has 0 atom stereocenters. The minimum atomic E-state index is -1.45. The first kappa shape index (κ1) is 13.1. The maximum Gasteiger partial charge on any atom is 0.489 e. The minimum Gasteiger partial charge on any atom is -0.423 e. The van der Waals surface area contributed by atoms with E-state index < -0.39 is 7.12 Å². The van der Waals surface area contributed by atoms with Gasteiger partial charge in [-0.1, -0.05) is 54.6 Å². The lowest BCUT2D eigenvalue weighted by Gasteiger charge is -2.19. The van der Waals surface area contributed by atoms with E-state index in [0.717, 1.165) is 23.6 Å². The quantitative estimate of drug-likeness (QED) is 0.321. The number of aryl methyl sites for hydroxylation is 1. The predicted molar refractivity (Wildman–Crippen MR) is 96.8 cm³/mol. The third-order valence-corrected chi connectivity index (χ3v) is 5.12. The highest BCUT2D eigenvalue weighted by atomic mass is 16.4. The Morgan fingerprint density at radius 2 is 1.48 bits per heavy atom. The summed E-state index contributed by atoms with van der Waals surface area (Å²) in [5.74, 6) is 0. The van der Waals surface area contributed by atoms with Crippen molar-refractivity contribution in [2.45, 2.75) is 12.8 Å². The maximum atomic E-state index is 9.71. The average molecular weight is 298 g/mol. The molecule has 0 spiro atoms. The smallest absolute Gasteiger partial charge is 0.423 e. The molecule has 2 N–H and O–H groups in total. The van der Waals surface area contributed by atoms with Crippen molar-refractivity contribution in [3.63, 3.8) is 0 Å². The third-order valence-electron chi connectivity index (χ3n) is 5.12. The van der Waals surface area contributed by atoms with Crippen LogP contribution in [0.25, 0.3) is 38.4 Å². The van der Waals surface area contributed by atoms with Crippen LogP contribution in [-0.2, 0) is 6.42 Å². The van der Waals surface area contributed by atoms with Gasteiger partial charge >= 0.3 is 7.12 Å². The largest absolute Gasteiger partial charge is 0.489 e. The summed E-state index contributed by atoms with van der Waals surface area (Å²) in [7, 11) is -1.45. The fraction of sp³-hybridized carbons (Fsp3) is 0.100. The first-order valence-corrected chi connectivity index (χ1v) is 8.00. The molecule has 0 bridgehead atoms. The van der Waals surface area contributed by atoms with Crippen LogP contribution in [0.1, 0.15) is 12.0 Å². The highest BCUT2D eigenvalue weighted by molar-refractivity contribution is 6.62. The van der Waals surface area contributed by atoms with E-state index in [4.69, 9.17) is 0 Å². The van der Waals surface area contributed by atoms with Crippen LogP contribution in [0.5, 0.6) is 0 Å². The van der Waals surface area contributed by atoms with Gasteiger partial charge in [0, 0.05) is 0 Å². The van der Waals surface area contributed by atoms with Crippen molar-refractivity contribution in [3.8, 4) is 0 Å². The second kappa shape index (κ2) is 4.57. The van der Waals surface area contributed by atoms with Crippen LogP contribution in [0.2, 0.25) is 0 Å². The summed E-state index contributed by atoms with van der Waals surface area (Å²) in [4.78, 5) is 0. The molecule has 4 aromatic carbocycles. The highest BCUT2D eigenvalue weighted by Gasteiger charge is 2.20. The number of fused-ring (bicyclic) bond motifs is 2. The molecule has 0 heterocycles. The van der Waals surface area contributed by atoms with E-state index in [-0.39, 0.29) is 0 Å². The molecule has 0 aromatic heterocycles. The molecule has 1 aliphatic rings. The summed E-state index contributed by atoms with van der Waals surface area (Å²) in [5.41, 5.74) is 1.97. The lowest BCUT2D eigenvalue weighted by molar-refractivity contribution is 0.426. The Kier molecular flexibility index (Phi) is 2.61. The van der Waals surface area contributed by atoms with Gasteiger partial charge in [-0.05, 0) is 61.4 Å². The number of benzene rings is 4. The van der Waals surface area contributed by atoms with Gasteiger partial charge in [-0.15, -0.1) is 0 Å². The van der Waals surface area contributed by atoms with E-state index in [1.807, 2.05) is 18.2 Å². The monoisotopic (exact) mass is 298 g/mol. The van der Waals surface area contributed by atoms with Gasteiger partial charge in [0.05, 0.1) is 0 Å². The molecule has 2 nitrogen and oxygen atoms in total. The van der Waals surface area contributed by atoms with E-state index in [1.165, 1.54) is 32.3 Å². The lowest BCUT2D eigenvalue weighted by Crippen LogP contribution is -2.30. The van der Waals surface area contributed by atoms with Crippen molar-refractivity contribution in [2.75, 3.05) is 0 Å². The molecule has 110 valence electrons. The minimum absolute atomic E-state index is 0.577. The molecule has 0 saturated heterocycles. The van der Waals surface area contributed by atoms with E-state index in [9.17, 15) is 10.0 Å². The molecule has 0 unspecified atom stereocenters. The number of rotatable bonds is 1. The van der Waals surface area contributed by atoms with Gasteiger partial charge in [-0.3, -0.25) is 0 Å². The van der Waals surface area contributed by atoms with Crippen LogP contribution in [0.15, 0.2) is 48.5 Å². The second-order valence-corrected chi connectivity index (χ2v) is 6.30. The Hall–Kier alpha value is -2.36. The zero-order valence-corrected chi connectivity index (χ0v) is 12.6. The molecule has 0 aliphatic heterocycles. The Bertz CT molecular complexity index is 1150. The lowest BCUT2D eigenvalue weighted by atomic mass is 9.74. The highest BCUT2D eigenvalue weighted by Crippen LogP contribution is 2.36. The van der Waals surface area contributed by atoms with Gasteiger partial charge in [-0.2, -0.15) is 0 Å². The van der Waals surface area contributed by atoms with Gasteiger partial charge in [0.15, 0.2) is 0 Å². The summed E-state index contributed by atoms with van der Waals surface area (Å²) < 4.78 is 0. The molecule has 0 amide bonds. The summed E-state index contributed by atoms with van der Waals surface area (Å²) >= 11 is 0. The van der Waals surface area contributed by atoms with Crippen LogP contribution < -0.4 is 10.7 Å². The Balaban J connectivity index is 2.15. The Morgan fingerprint density at radius 1 is 0.739 bits per heavy atom. The summed E-state index contributed by atoms with van der Waals surface area (Å²) in [6.45, 7) is 0. The fourth-order valence-electron chi connectivity index (χ4n) is 4.20. The van der Waals surface area contributed by atoms with Crippen molar-refractivity contribution in [2.24, 2.45) is 0 Å². The van der Waals surface area contributed by atoms with Gasteiger partial charge in [0.25, 0.3) is 0 Å². The van der Waals surface area contributed by atoms with Crippen LogP contribution in [0.3, 0.4) is 0 Å². The first-order chi connectivity index (χ1) is 11.3. The Morgan fingerprint density at radius 3 is 2.30 bits per heavy atom. The fourth-order valence-corrected chi connectivity index (χ4v) is 4.20. The first-order valence-electron chi connectivity index (χ1n) is 8.00. The number of hydrogen-bond donors (Lipinski definition) is 2. The molecule has 0 saturated carbocycles. The molecule has 3 heteroatoms. The van der Waals surface area contributed by atoms with Gasteiger partial charge in [0.1, 0.15) is 0 Å². The predicted octanol–water partition coefficient (Wildman–Crippen LogP) is 2.27. The molecule has 5 rings (SSSR count). The number of hydrogen-bond acceptors (Lipinski definition) is 2. The molecular weight excluding hydrogens is 283 g/mol. The van der Waals surface area contributed by atoms with Crippen molar-refractivity contribution >= 4 is 51.0 Å². The van der Waals surface area contributed by atoms with Gasteiger partial charge in [-0.25, -0.2) is 0 Å². The van der Waals surface area contributed by atoms with E-state index >= 15 is 0 Å². The van der Waals surface area contributed by atoms with Gasteiger partial charge in [0.2, 0.25) is 0 Å². The van der Waals surface area contributed by atoms with Crippen molar-refractivity contribution in [1.82, 2.24) is 0 Å². The standard InChI is InChI=1S/C20H15BO2/c22-21(23)18-11-10-16-14-7-2-5-12-4-1-6-13(19(12)14)15-8-3-9-17(18)20(15)16/h1,3-6,8-11,22-23H,2,7H2. The molecule has 23 heavy (non-hydrogen) atoms. The van der Waals surface area contributed by atoms with Crippen molar-refractivity contribution in [1.29, 1.82) is 0 Å². The molecule has 1 aliphatic carbocycles. The van der Waals surface area contributed by atoms with E-state index in [0.29, 0.717) is 5.46 Å². The van der Waals surface area contributed by atoms with Crippen molar-refractivity contribution < 1.29 is 10.0 Å². The van der Waals surface area contributed by atoms with E-state index in [1.54, 1.807) is 0 Å². The second-order valence-electron chi connectivity index (χ2n) is 6.30. The molecule has 0 fully saturated rings. The van der Waals surface area contributed by atoms with Crippen LogP contribution in [-0.4, -0.2) is 17.2 Å². The van der Waals surface area contributed by atoms with Crippen LogP contribution >= 0.6 is 0 Å². The average Bonchev–Trinajstić information content (AvgIpc) is 2.58. The zero-order chi connectivity index (χ0) is 15.6. The Labute approximate surface area is 133 Å². The SMILES string of the molecule is OB(O)c1ccc2c3c4c(cccc4c4cccc1c24)=CCC3. The summed E-state index contributed by atoms with van der Waals surface area (Å²) in [6, 6.07) is 16.5. The molecule has 4 aromatic rings. The molecular formula is C20H15BO2. The maximum absolute atomic E-state index is 9.71. The van der Waals surface area contributed by atoms with Crippen molar-refractivity contribution in [3.05, 3.63) is 59.3 Å².